The first kappa shape index (κ1) is 9.37. The van der Waals surface area contributed by atoms with Gasteiger partial charge in [-0.3, -0.25) is 0 Å². The zero-order chi connectivity index (χ0) is 8.27. The summed E-state index contributed by atoms with van der Waals surface area (Å²) in [5, 5.41) is 0.759. The largest absolute Gasteiger partial charge is 0.110 e. The molecule has 11 heavy (non-hydrogen) atoms. The lowest BCUT2D eigenvalue weighted by molar-refractivity contribution is 1.11. The van der Waals surface area contributed by atoms with Gasteiger partial charge in [0.05, 0.1) is 4.29 Å². The van der Waals surface area contributed by atoms with Gasteiger partial charge in [0.15, 0.2) is 0 Å². The van der Waals surface area contributed by atoms with Crippen LogP contribution in [0, 0.1) is 0 Å². The molecule has 0 nitrogen and oxygen atoms in total. The van der Waals surface area contributed by atoms with Crippen molar-refractivity contribution in [3.63, 3.8) is 0 Å². The summed E-state index contributed by atoms with van der Waals surface area (Å²) < 4.78 is 0.00340. The maximum absolute atomic E-state index is 5.74. The van der Waals surface area contributed by atoms with E-state index in [1.54, 1.807) is 0 Å². The molecule has 1 unspecified atom stereocenters. The van der Waals surface area contributed by atoms with Crippen LogP contribution in [0.4, 0.5) is 0 Å². The van der Waals surface area contributed by atoms with E-state index in [1.165, 1.54) is 5.56 Å². The van der Waals surface area contributed by atoms with Crippen molar-refractivity contribution in [1.29, 1.82) is 0 Å². The molecule has 60 valence electrons. The van der Waals surface area contributed by atoms with Gasteiger partial charge in [-0.15, -0.1) is 11.6 Å². The highest BCUT2D eigenvalue weighted by molar-refractivity contribution is 9.10. The smallest absolute Gasteiger partial charge is 0.0926 e. The molecule has 3 heteroatoms. The minimum atomic E-state index is 0.00340. The minimum absolute atomic E-state index is 0.00340. The van der Waals surface area contributed by atoms with E-state index >= 15 is 0 Å². The molecule has 0 aliphatic rings. The molecule has 0 saturated carbocycles. The lowest BCUT2D eigenvalue weighted by atomic mass is 10.2. The highest BCUT2D eigenvalue weighted by Crippen LogP contribution is 2.15. The Balaban J connectivity index is 2.66. The van der Waals surface area contributed by atoms with E-state index in [0.717, 1.165) is 11.4 Å². The summed E-state index contributed by atoms with van der Waals surface area (Å²) in [5.74, 6) is 0. The van der Waals surface area contributed by atoms with Gasteiger partial charge in [-0.25, -0.2) is 0 Å². The van der Waals surface area contributed by atoms with Crippen molar-refractivity contribution in [3.05, 3.63) is 34.9 Å². The topological polar surface area (TPSA) is 0 Å². The highest BCUT2D eigenvalue weighted by atomic mass is 79.9. The first-order valence-electron chi connectivity index (χ1n) is 3.21. The fourth-order valence-electron chi connectivity index (χ4n) is 0.799. The van der Waals surface area contributed by atoms with E-state index in [-0.39, 0.29) is 4.29 Å². The molecule has 1 aromatic rings. The first-order chi connectivity index (χ1) is 5.18. The quantitative estimate of drug-likeness (QED) is 0.703. The van der Waals surface area contributed by atoms with Crippen LogP contribution < -0.4 is 0 Å². The second-order valence-corrected chi connectivity index (χ2v) is 4.82. The monoisotopic (exact) mass is 252 g/mol. The summed E-state index contributed by atoms with van der Waals surface area (Å²) in [6.07, 6.45) is 0.818. The fraction of sp³-hybridized carbons (Fsp3) is 0.250. The molecule has 0 bridgehead atoms. The number of rotatable bonds is 2. The third kappa shape index (κ3) is 3.46. The van der Waals surface area contributed by atoms with Crippen LogP contribution in [-0.2, 0) is 6.42 Å². The Kier molecular flexibility index (Phi) is 3.70. The van der Waals surface area contributed by atoms with Gasteiger partial charge in [0.25, 0.3) is 0 Å². The molecule has 0 heterocycles. The highest BCUT2D eigenvalue weighted by Gasteiger charge is 1.99. The van der Waals surface area contributed by atoms with Gasteiger partial charge in [-0.05, 0) is 24.1 Å². The summed E-state index contributed by atoms with van der Waals surface area (Å²) in [7, 11) is 0. The van der Waals surface area contributed by atoms with Gasteiger partial charge in [-0.1, -0.05) is 39.7 Å². The molecule has 0 fully saturated rings. The zero-order valence-electron chi connectivity index (χ0n) is 5.73. The Morgan fingerprint density at radius 1 is 1.27 bits per heavy atom. The third-order valence-corrected chi connectivity index (χ3v) is 2.03. The third-order valence-electron chi connectivity index (χ3n) is 1.30. The molecule has 0 aromatic heterocycles. The molecule has 1 atom stereocenters. The Labute approximate surface area is 84.6 Å². The summed E-state index contributed by atoms with van der Waals surface area (Å²) in [6.45, 7) is 0. The Morgan fingerprint density at radius 3 is 2.27 bits per heavy atom. The van der Waals surface area contributed by atoms with Gasteiger partial charge < -0.3 is 0 Å². The molecule has 0 N–H and O–H groups in total. The van der Waals surface area contributed by atoms with E-state index in [9.17, 15) is 0 Å². The summed E-state index contributed by atoms with van der Waals surface area (Å²) >= 11 is 14.7. The predicted octanol–water partition coefficient (Wildman–Crippen LogP) is 3.84. The van der Waals surface area contributed by atoms with Gasteiger partial charge >= 0.3 is 0 Å². The molecule has 0 spiro atoms. The van der Waals surface area contributed by atoms with E-state index in [4.69, 9.17) is 23.2 Å². The van der Waals surface area contributed by atoms with Crippen molar-refractivity contribution in [3.8, 4) is 0 Å². The average Bonchev–Trinajstić information content (AvgIpc) is 1.93. The predicted molar refractivity (Wildman–Crippen MR) is 53.7 cm³/mol. The van der Waals surface area contributed by atoms with Crippen LogP contribution in [0.3, 0.4) is 0 Å². The van der Waals surface area contributed by atoms with Crippen LogP contribution in [0.1, 0.15) is 5.56 Å². The summed E-state index contributed by atoms with van der Waals surface area (Å²) in [4.78, 5) is 0. The molecule has 0 saturated heterocycles. The van der Waals surface area contributed by atoms with Crippen molar-refractivity contribution >= 4 is 39.1 Å². The van der Waals surface area contributed by atoms with E-state index in [2.05, 4.69) is 15.9 Å². The summed E-state index contributed by atoms with van der Waals surface area (Å²) in [6, 6.07) is 7.67. The van der Waals surface area contributed by atoms with Crippen LogP contribution in [-0.4, -0.2) is 4.29 Å². The molecular weight excluding hydrogens is 247 g/mol. The van der Waals surface area contributed by atoms with Crippen molar-refractivity contribution < 1.29 is 0 Å². The maximum Gasteiger partial charge on any atom is 0.0926 e. The number of hydrogen-bond acceptors (Lipinski definition) is 0. The Morgan fingerprint density at radius 2 is 1.82 bits per heavy atom. The van der Waals surface area contributed by atoms with Gasteiger partial charge in [0.1, 0.15) is 0 Å². The molecule has 0 amide bonds. The number of hydrogen-bond donors (Lipinski definition) is 0. The van der Waals surface area contributed by atoms with Crippen molar-refractivity contribution in [2.45, 2.75) is 10.7 Å². The lowest BCUT2D eigenvalue weighted by Crippen LogP contribution is -1.92. The normalized spacial score (nSPS) is 13.0. The van der Waals surface area contributed by atoms with Crippen molar-refractivity contribution in [2.24, 2.45) is 0 Å². The molecule has 0 aliphatic carbocycles. The minimum Gasteiger partial charge on any atom is -0.110 e. The van der Waals surface area contributed by atoms with Gasteiger partial charge in [0, 0.05) is 5.02 Å². The second kappa shape index (κ2) is 4.34. The van der Waals surface area contributed by atoms with Gasteiger partial charge in [-0.2, -0.15) is 0 Å². The standard InChI is InChI=1S/C8H7BrCl2/c9-8(11)5-6-1-3-7(10)4-2-6/h1-4,8H,5H2. The number of halogens is 3. The van der Waals surface area contributed by atoms with E-state index < -0.39 is 0 Å². The van der Waals surface area contributed by atoms with Crippen molar-refractivity contribution in [1.82, 2.24) is 0 Å². The van der Waals surface area contributed by atoms with Crippen molar-refractivity contribution in [2.75, 3.05) is 0 Å². The Hall–Kier alpha value is 0.280. The number of benzene rings is 1. The van der Waals surface area contributed by atoms with Crippen LogP contribution in [0.2, 0.25) is 5.02 Å². The fourth-order valence-corrected chi connectivity index (χ4v) is 1.48. The molecular formula is C8H7BrCl2. The van der Waals surface area contributed by atoms with Crippen LogP contribution >= 0.6 is 39.1 Å². The molecule has 1 aromatic carbocycles. The molecule has 0 aliphatic heterocycles. The van der Waals surface area contributed by atoms with E-state index in [1.807, 2.05) is 24.3 Å². The van der Waals surface area contributed by atoms with Crippen LogP contribution in [0.15, 0.2) is 24.3 Å². The zero-order valence-corrected chi connectivity index (χ0v) is 8.83. The second-order valence-electron chi connectivity index (χ2n) is 2.22. The maximum atomic E-state index is 5.74. The molecule has 1 rings (SSSR count). The Bertz CT molecular complexity index is 218. The SMILES string of the molecule is Clc1ccc(CC(Cl)Br)cc1. The number of alkyl halides is 2. The average molecular weight is 254 g/mol. The van der Waals surface area contributed by atoms with E-state index in [0.29, 0.717) is 0 Å². The lowest BCUT2D eigenvalue weighted by Gasteiger charge is -2.00. The van der Waals surface area contributed by atoms with Gasteiger partial charge in [0.2, 0.25) is 0 Å². The first-order valence-corrected chi connectivity index (χ1v) is 4.94. The summed E-state index contributed by atoms with van der Waals surface area (Å²) in [5.41, 5.74) is 1.19. The molecule has 0 radical (unpaired) electrons. The van der Waals surface area contributed by atoms with Crippen LogP contribution in [0.5, 0.6) is 0 Å². The van der Waals surface area contributed by atoms with Crippen LogP contribution in [0.25, 0.3) is 0 Å².